The van der Waals surface area contributed by atoms with E-state index in [4.69, 9.17) is 0 Å². The lowest BCUT2D eigenvalue weighted by Gasteiger charge is -2.21. The van der Waals surface area contributed by atoms with E-state index in [2.05, 4.69) is 104 Å². The third kappa shape index (κ3) is 6.49. The first-order valence-corrected chi connectivity index (χ1v) is 19.3. The summed E-state index contributed by atoms with van der Waals surface area (Å²) < 4.78 is 0. The summed E-state index contributed by atoms with van der Waals surface area (Å²) in [5.74, 6) is 1.93. The summed E-state index contributed by atoms with van der Waals surface area (Å²) in [7, 11) is 0.172. The highest BCUT2D eigenvalue weighted by Crippen LogP contribution is 2.21. The largest absolute Gasteiger partial charge is 0.508 e. The molecule has 0 amide bonds. The average Bonchev–Trinajstić information content (AvgIpc) is 2.95. The van der Waals surface area contributed by atoms with Gasteiger partial charge in [-0.2, -0.15) is 0 Å². The van der Waals surface area contributed by atoms with Crippen molar-refractivity contribution in [2.24, 2.45) is 0 Å². The van der Waals surface area contributed by atoms with Crippen LogP contribution in [-0.2, 0) is 0 Å². The average molecular weight is 649 g/mol. The molecule has 0 atom stereocenters. The molecular formula is C36H40O4Si4. The molecule has 8 heteroatoms. The molecule has 5 rings (SSSR count). The molecule has 8 radical (unpaired) electrons. The van der Waals surface area contributed by atoms with Crippen molar-refractivity contribution < 1.29 is 20.4 Å². The Morgan fingerprint density at radius 3 is 0.568 bits per heavy atom. The first-order valence-electron chi connectivity index (χ1n) is 15.3. The molecule has 44 heavy (non-hydrogen) atoms. The Hall–Kier alpha value is -3.05. The molecule has 0 unspecified atom stereocenters. The quantitative estimate of drug-likeness (QED) is 0.225. The van der Waals surface area contributed by atoms with Gasteiger partial charge in [-0.25, -0.2) is 0 Å². The van der Waals surface area contributed by atoms with Gasteiger partial charge in [-0.15, -0.1) is 0 Å². The van der Waals surface area contributed by atoms with Gasteiger partial charge in [0.05, 0.1) is 0 Å². The second-order valence-electron chi connectivity index (χ2n) is 13.0. The highest BCUT2D eigenvalue weighted by molar-refractivity contribution is 6.77. The molecular weight excluding hydrogens is 609 g/mol. The topological polar surface area (TPSA) is 80.9 Å². The molecule has 4 aromatic rings. The third-order valence-corrected chi connectivity index (χ3v) is 13.5. The zero-order chi connectivity index (χ0) is 32.0. The predicted molar refractivity (Wildman–Crippen MR) is 189 cm³/mol. The fraction of sp³-hybridized carbons (Fsp3) is 0.333. The number of rotatable bonds is 4. The van der Waals surface area contributed by atoms with E-state index in [-0.39, 0.29) is 84.7 Å². The van der Waals surface area contributed by atoms with Crippen molar-refractivity contribution in [3.8, 4) is 23.0 Å². The van der Waals surface area contributed by atoms with Crippen molar-refractivity contribution in [2.75, 3.05) is 0 Å². The van der Waals surface area contributed by atoms with Crippen LogP contribution in [-0.4, -0.2) is 58.5 Å². The summed E-state index contributed by atoms with van der Waals surface area (Å²) in [5, 5.41) is 53.2. The number of fused-ring (bicyclic) bond motifs is 8. The van der Waals surface area contributed by atoms with E-state index in [1.54, 1.807) is 0 Å². The summed E-state index contributed by atoms with van der Waals surface area (Å²) in [4.78, 5) is 0. The standard InChI is InChI=1S/C36H40O4Si4/c1-17(2)21-9-25-33(37)26(10-21)42-28-12-23(19(5)6)14-30(35(28)39)44-32-16-24(20(7)8)15-31(36(32)40)43-29-13-22(18(3)4)11-27(41-25)34(29)38/h9-20,37-40H,1-8H3. The van der Waals surface area contributed by atoms with Crippen LogP contribution in [0.2, 0.25) is 0 Å². The predicted octanol–water partition coefficient (Wildman–Crippen LogP) is 1.94. The van der Waals surface area contributed by atoms with Crippen LogP contribution in [0.3, 0.4) is 0 Å². The van der Waals surface area contributed by atoms with Crippen LogP contribution in [0.5, 0.6) is 23.0 Å². The second kappa shape index (κ2) is 12.7. The van der Waals surface area contributed by atoms with Crippen molar-refractivity contribution in [1.82, 2.24) is 0 Å². The van der Waals surface area contributed by atoms with Gasteiger partial charge in [0.15, 0.2) is 0 Å². The van der Waals surface area contributed by atoms with E-state index in [0.717, 1.165) is 63.7 Å². The summed E-state index contributed by atoms with van der Waals surface area (Å²) in [6, 6.07) is 16.6. The number of phenols is 4. The normalized spacial score (nSPS) is 13.4. The molecule has 0 aliphatic carbocycles. The minimum atomic E-state index is 0.0430. The summed E-state index contributed by atoms with van der Waals surface area (Å²) in [6.45, 7) is 17.2. The van der Waals surface area contributed by atoms with Crippen molar-refractivity contribution in [3.05, 3.63) is 70.8 Å². The zero-order valence-corrected chi connectivity index (χ0v) is 30.7. The Kier molecular flexibility index (Phi) is 9.37. The van der Waals surface area contributed by atoms with Crippen molar-refractivity contribution in [3.63, 3.8) is 0 Å². The fourth-order valence-corrected chi connectivity index (χ4v) is 10.9. The van der Waals surface area contributed by atoms with Crippen molar-refractivity contribution >= 4 is 79.6 Å². The molecule has 1 aliphatic heterocycles. The molecule has 0 saturated heterocycles. The number of hydrogen-bond acceptors (Lipinski definition) is 4. The maximum atomic E-state index is 11.7. The minimum Gasteiger partial charge on any atom is -0.508 e. The highest BCUT2D eigenvalue weighted by Gasteiger charge is 2.24. The number of phenolic OH excluding ortho intramolecular Hbond substituents is 4. The van der Waals surface area contributed by atoms with Crippen LogP contribution in [0.15, 0.2) is 48.5 Å². The van der Waals surface area contributed by atoms with Crippen LogP contribution in [0.25, 0.3) is 0 Å². The molecule has 4 nitrogen and oxygen atoms in total. The Balaban J connectivity index is 1.84. The van der Waals surface area contributed by atoms with Gasteiger partial charge in [-0.1, -0.05) is 104 Å². The second-order valence-corrected chi connectivity index (χ2v) is 18.3. The van der Waals surface area contributed by atoms with Gasteiger partial charge in [0.1, 0.15) is 61.1 Å². The number of hydrogen-bond donors (Lipinski definition) is 4. The van der Waals surface area contributed by atoms with E-state index in [0.29, 0.717) is 0 Å². The van der Waals surface area contributed by atoms with E-state index < -0.39 is 0 Å². The van der Waals surface area contributed by atoms with Gasteiger partial charge < -0.3 is 20.4 Å². The van der Waals surface area contributed by atoms with E-state index in [9.17, 15) is 20.4 Å². The Morgan fingerprint density at radius 1 is 0.318 bits per heavy atom. The van der Waals surface area contributed by atoms with Crippen molar-refractivity contribution in [1.29, 1.82) is 0 Å². The molecule has 1 heterocycles. The molecule has 0 spiro atoms. The molecule has 224 valence electrons. The molecule has 8 bridgehead atoms. The van der Waals surface area contributed by atoms with Crippen LogP contribution < -0.4 is 41.5 Å². The monoisotopic (exact) mass is 648 g/mol. The van der Waals surface area contributed by atoms with Crippen LogP contribution in [0, 0.1) is 0 Å². The minimum absolute atomic E-state index is 0.0430. The molecule has 0 aromatic heterocycles. The number of aromatic hydroxyl groups is 4. The SMILES string of the molecule is CC(C)c1cc2c(O)c(c1)[Si]c1cc(C(C)C)cc(c1O)[Si]c1cc(C(C)C)cc(c1O)[Si]c1cc(C(C)C)cc(c1O)[Si]2. The van der Waals surface area contributed by atoms with Crippen LogP contribution >= 0.6 is 0 Å². The fourth-order valence-electron chi connectivity index (χ4n) is 5.30. The molecule has 4 aromatic carbocycles. The maximum absolute atomic E-state index is 11.7. The summed E-state index contributed by atoms with van der Waals surface area (Å²) >= 11 is 0. The van der Waals surface area contributed by atoms with Gasteiger partial charge in [0.2, 0.25) is 0 Å². The maximum Gasteiger partial charge on any atom is 0.131 e. The van der Waals surface area contributed by atoms with Crippen LogP contribution in [0.1, 0.15) is 101 Å². The van der Waals surface area contributed by atoms with E-state index in [1.807, 2.05) is 0 Å². The summed E-state index contributed by atoms with van der Waals surface area (Å²) in [5.41, 5.74) is 4.49. The van der Waals surface area contributed by atoms with Gasteiger partial charge in [0.25, 0.3) is 0 Å². The lowest BCUT2D eigenvalue weighted by Crippen LogP contribution is -2.41. The Bertz CT molecular complexity index is 1380. The lowest BCUT2D eigenvalue weighted by atomic mass is 10.0. The van der Waals surface area contributed by atoms with Gasteiger partial charge in [-0.3, -0.25) is 0 Å². The van der Waals surface area contributed by atoms with E-state index in [1.165, 1.54) is 0 Å². The van der Waals surface area contributed by atoms with Crippen LogP contribution in [0.4, 0.5) is 0 Å². The first kappa shape index (κ1) is 32.3. The molecule has 0 saturated carbocycles. The Morgan fingerprint density at radius 2 is 0.455 bits per heavy atom. The van der Waals surface area contributed by atoms with Gasteiger partial charge >= 0.3 is 0 Å². The highest BCUT2D eigenvalue weighted by atomic mass is 28.2. The Labute approximate surface area is 271 Å². The number of benzene rings is 4. The van der Waals surface area contributed by atoms with Gasteiger partial charge in [0, 0.05) is 0 Å². The van der Waals surface area contributed by atoms with E-state index >= 15 is 0 Å². The molecule has 0 fully saturated rings. The zero-order valence-electron chi connectivity index (χ0n) is 26.7. The van der Waals surface area contributed by atoms with Gasteiger partial charge in [-0.05, 0) is 87.4 Å². The summed E-state index contributed by atoms with van der Waals surface area (Å²) in [6.07, 6.45) is 0. The smallest absolute Gasteiger partial charge is 0.131 e. The lowest BCUT2D eigenvalue weighted by molar-refractivity contribution is 0.482. The first-order chi connectivity index (χ1) is 20.7. The third-order valence-electron chi connectivity index (χ3n) is 8.27. The van der Waals surface area contributed by atoms with Crippen molar-refractivity contribution in [2.45, 2.75) is 79.1 Å². The molecule has 1 aliphatic rings. The molecule has 4 N–H and O–H groups in total.